The molecule has 0 aliphatic heterocycles. The minimum atomic E-state index is -3.23. The van der Waals surface area contributed by atoms with E-state index in [0.717, 1.165) is 0 Å². The third kappa shape index (κ3) is 7.00. The van der Waals surface area contributed by atoms with Gasteiger partial charge in [0.2, 0.25) is 0 Å². The summed E-state index contributed by atoms with van der Waals surface area (Å²) in [5, 5.41) is 0. The molecule has 0 saturated heterocycles. The van der Waals surface area contributed by atoms with Crippen LogP contribution in [0, 0.1) is 0 Å². The second-order valence-electron chi connectivity index (χ2n) is 2.63. The summed E-state index contributed by atoms with van der Waals surface area (Å²) in [5.74, 6) is -0.364. The SMILES string of the molecule is CCO[Si](OCC)(OCC)OC(=O)CC.[Na]. The van der Waals surface area contributed by atoms with Crippen molar-refractivity contribution in [2.24, 2.45) is 0 Å². The van der Waals surface area contributed by atoms with E-state index in [1.54, 1.807) is 27.7 Å². The molecule has 0 aromatic heterocycles. The molecular formula is C9H20NaO5Si. The average Bonchev–Trinajstić information content (AvgIpc) is 2.18. The van der Waals surface area contributed by atoms with Crippen LogP contribution in [0.1, 0.15) is 34.1 Å². The third-order valence-corrected chi connectivity index (χ3v) is 3.90. The van der Waals surface area contributed by atoms with Crippen molar-refractivity contribution in [3.63, 3.8) is 0 Å². The van der Waals surface area contributed by atoms with E-state index in [4.69, 9.17) is 17.7 Å². The molecule has 0 fully saturated rings. The predicted octanol–water partition coefficient (Wildman–Crippen LogP) is 1.10. The summed E-state index contributed by atoms with van der Waals surface area (Å²) in [7, 11) is -3.23. The summed E-state index contributed by atoms with van der Waals surface area (Å²) in [6.45, 7) is 8.31. The van der Waals surface area contributed by atoms with Gasteiger partial charge in [-0.15, -0.1) is 0 Å². The molecule has 0 N–H and O–H groups in total. The second-order valence-corrected chi connectivity index (χ2v) is 4.70. The van der Waals surface area contributed by atoms with Crippen LogP contribution in [0.4, 0.5) is 0 Å². The molecule has 0 unspecified atom stereocenters. The fourth-order valence-corrected chi connectivity index (χ4v) is 2.87. The van der Waals surface area contributed by atoms with E-state index < -0.39 is 9.05 Å². The van der Waals surface area contributed by atoms with Gasteiger partial charge in [-0.2, -0.15) is 0 Å². The van der Waals surface area contributed by atoms with Crippen LogP contribution in [0.2, 0.25) is 0 Å². The van der Waals surface area contributed by atoms with Gasteiger partial charge in [-0.1, -0.05) is 6.92 Å². The van der Waals surface area contributed by atoms with E-state index >= 15 is 0 Å². The van der Waals surface area contributed by atoms with E-state index in [-0.39, 0.29) is 41.9 Å². The van der Waals surface area contributed by atoms with E-state index in [1.807, 2.05) is 0 Å². The Hall–Kier alpha value is 0.567. The Morgan fingerprint density at radius 2 is 1.31 bits per heavy atom. The van der Waals surface area contributed by atoms with Gasteiger partial charge in [-0.25, -0.2) is 0 Å². The van der Waals surface area contributed by atoms with Crippen molar-refractivity contribution in [2.45, 2.75) is 34.1 Å². The molecular weight excluding hydrogens is 239 g/mol. The number of carbonyl (C=O) groups excluding carboxylic acids is 1. The van der Waals surface area contributed by atoms with Crippen LogP contribution in [-0.2, 0) is 22.5 Å². The van der Waals surface area contributed by atoms with E-state index in [0.29, 0.717) is 19.8 Å². The average molecular weight is 259 g/mol. The maximum atomic E-state index is 11.2. The Morgan fingerprint density at radius 1 is 0.938 bits per heavy atom. The van der Waals surface area contributed by atoms with Crippen LogP contribution < -0.4 is 0 Å². The fraction of sp³-hybridized carbons (Fsp3) is 0.889. The largest absolute Gasteiger partial charge is 0.751 e. The zero-order valence-electron chi connectivity index (χ0n) is 10.9. The van der Waals surface area contributed by atoms with Gasteiger partial charge in [-0.05, 0) is 20.8 Å². The Balaban J connectivity index is 0. The van der Waals surface area contributed by atoms with Gasteiger partial charge >= 0.3 is 9.05 Å². The van der Waals surface area contributed by atoms with Crippen LogP contribution in [0.25, 0.3) is 0 Å². The Morgan fingerprint density at radius 3 is 1.56 bits per heavy atom. The Kier molecular flexibility index (Phi) is 12.7. The molecule has 0 aliphatic carbocycles. The first-order valence-corrected chi connectivity index (χ1v) is 6.91. The van der Waals surface area contributed by atoms with E-state index in [1.165, 1.54) is 0 Å². The third-order valence-electron chi connectivity index (χ3n) is 1.49. The molecule has 0 atom stereocenters. The first kappa shape index (κ1) is 18.9. The molecule has 91 valence electrons. The van der Waals surface area contributed by atoms with Crippen molar-refractivity contribution in [1.82, 2.24) is 0 Å². The molecule has 7 heteroatoms. The van der Waals surface area contributed by atoms with Crippen molar-refractivity contribution in [3.8, 4) is 0 Å². The smallest absolute Gasteiger partial charge is 0.452 e. The van der Waals surface area contributed by atoms with Crippen molar-refractivity contribution >= 4 is 44.6 Å². The predicted molar refractivity (Wildman–Crippen MR) is 62.8 cm³/mol. The molecule has 0 aliphatic rings. The van der Waals surface area contributed by atoms with Crippen molar-refractivity contribution in [1.29, 1.82) is 0 Å². The number of rotatable bonds is 8. The topological polar surface area (TPSA) is 54.0 Å². The quantitative estimate of drug-likeness (QED) is 0.611. The van der Waals surface area contributed by atoms with Gasteiger partial charge in [-0.3, -0.25) is 4.79 Å². The molecule has 16 heavy (non-hydrogen) atoms. The normalized spacial score (nSPS) is 10.8. The summed E-state index contributed by atoms with van der Waals surface area (Å²) in [6, 6.07) is 0. The van der Waals surface area contributed by atoms with Crippen LogP contribution in [0.5, 0.6) is 0 Å². The minimum absolute atomic E-state index is 0. The van der Waals surface area contributed by atoms with Gasteiger partial charge in [0.05, 0.1) is 0 Å². The molecule has 0 heterocycles. The molecule has 0 saturated carbocycles. The number of hydrogen-bond donors (Lipinski definition) is 0. The van der Waals surface area contributed by atoms with E-state index in [9.17, 15) is 4.79 Å². The van der Waals surface area contributed by atoms with Crippen molar-refractivity contribution in [3.05, 3.63) is 0 Å². The molecule has 0 aromatic rings. The standard InChI is InChI=1S/C9H20O5Si.Na/c1-5-9(10)14-15(11-6-2,12-7-3)13-8-4;/h5-8H2,1-4H3;. The number of hydrogen-bond acceptors (Lipinski definition) is 5. The van der Waals surface area contributed by atoms with Crippen LogP contribution >= 0.6 is 0 Å². The minimum Gasteiger partial charge on any atom is -0.452 e. The summed E-state index contributed by atoms with van der Waals surface area (Å²) >= 11 is 0. The van der Waals surface area contributed by atoms with Gasteiger partial charge in [0, 0.05) is 55.8 Å². The molecule has 5 nitrogen and oxygen atoms in total. The van der Waals surface area contributed by atoms with Gasteiger partial charge in [0.25, 0.3) is 5.97 Å². The Labute approximate surface area is 121 Å². The zero-order valence-corrected chi connectivity index (χ0v) is 13.9. The summed E-state index contributed by atoms with van der Waals surface area (Å²) in [6.07, 6.45) is 0.280. The van der Waals surface area contributed by atoms with Crippen LogP contribution in [0.3, 0.4) is 0 Å². The maximum Gasteiger partial charge on any atom is 0.751 e. The van der Waals surface area contributed by atoms with Gasteiger partial charge in [0.15, 0.2) is 0 Å². The van der Waals surface area contributed by atoms with E-state index in [2.05, 4.69) is 0 Å². The Bertz CT molecular complexity index is 174. The van der Waals surface area contributed by atoms with Crippen molar-refractivity contribution in [2.75, 3.05) is 19.8 Å². The number of carbonyl (C=O) groups is 1. The van der Waals surface area contributed by atoms with Crippen LogP contribution in [0.15, 0.2) is 0 Å². The second kappa shape index (κ2) is 10.7. The molecule has 0 aromatic carbocycles. The first-order chi connectivity index (χ1) is 7.14. The molecule has 0 bridgehead atoms. The molecule has 0 amide bonds. The fourth-order valence-electron chi connectivity index (χ4n) is 0.955. The summed E-state index contributed by atoms with van der Waals surface area (Å²) in [5.41, 5.74) is 0. The zero-order chi connectivity index (χ0) is 11.7. The van der Waals surface area contributed by atoms with Crippen LogP contribution in [-0.4, -0.2) is 64.4 Å². The molecule has 1 radical (unpaired) electrons. The monoisotopic (exact) mass is 259 g/mol. The molecule has 0 spiro atoms. The maximum absolute atomic E-state index is 11.2. The van der Waals surface area contributed by atoms with Crippen molar-refractivity contribution < 1.29 is 22.5 Å². The molecule has 0 rings (SSSR count). The van der Waals surface area contributed by atoms with Gasteiger partial charge < -0.3 is 17.7 Å². The summed E-state index contributed by atoms with van der Waals surface area (Å²) < 4.78 is 21.1. The first-order valence-electron chi connectivity index (χ1n) is 5.27. The summed E-state index contributed by atoms with van der Waals surface area (Å²) in [4.78, 5) is 11.2. The van der Waals surface area contributed by atoms with Gasteiger partial charge in [0.1, 0.15) is 0 Å².